The third-order valence-corrected chi connectivity index (χ3v) is 16.4. The number of benzene rings is 1. The molecule has 1 aromatic heterocycles. The average Bonchev–Trinajstić information content (AvgIpc) is 2.50. The van der Waals surface area contributed by atoms with Crippen LogP contribution in [0.1, 0.15) is 129 Å². The zero-order valence-corrected chi connectivity index (χ0v) is 51.4. The summed E-state index contributed by atoms with van der Waals surface area (Å²) in [6.45, 7) is 8.55. The fraction of sp³-hybridized carbons (Fsp3) is 0.644. The number of aromatic amines is 1. The molecule has 30 heteroatoms. The normalized spacial score (nSPS) is 20.2. The summed E-state index contributed by atoms with van der Waals surface area (Å²) in [5, 5.41) is 34.0. The molecule has 2 aromatic rings. The van der Waals surface area contributed by atoms with Crippen molar-refractivity contribution in [1.29, 1.82) is 0 Å². The van der Waals surface area contributed by atoms with Gasteiger partial charge in [0.1, 0.15) is 60.1 Å². The van der Waals surface area contributed by atoms with Crippen LogP contribution < -0.4 is 55.3 Å². The van der Waals surface area contributed by atoms with Crippen molar-refractivity contribution in [3.8, 4) is 5.75 Å². The summed E-state index contributed by atoms with van der Waals surface area (Å²) in [5.74, 6) is -7.22. The van der Waals surface area contributed by atoms with Gasteiger partial charge in [-0.2, -0.15) is 0 Å². The van der Waals surface area contributed by atoms with Gasteiger partial charge in [-0.05, 0) is 119 Å². The zero-order valence-electron chi connectivity index (χ0n) is 51.4. The van der Waals surface area contributed by atoms with E-state index in [1.165, 1.54) is 44.3 Å². The van der Waals surface area contributed by atoms with E-state index in [0.29, 0.717) is 62.6 Å². The Kier molecular flexibility index (Phi) is 25.9. The Morgan fingerprint density at radius 1 is 0.573 bits per heavy atom. The van der Waals surface area contributed by atoms with Crippen molar-refractivity contribution >= 4 is 71.1 Å². The maximum absolute atomic E-state index is 15.0. The van der Waals surface area contributed by atoms with E-state index in [2.05, 4.69) is 46.5 Å². The van der Waals surface area contributed by atoms with Crippen LogP contribution in [0.4, 0.5) is 0 Å². The number of amides is 9. The minimum atomic E-state index is -1.41. The molecule has 1 aromatic carbocycles. The first kappa shape index (κ1) is 69.5. The summed E-state index contributed by atoms with van der Waals surface area (Å²) in [6.07, 6.45) is 6.62. The number of aromatic nitrogens is 2. The number of aliphatic carboxylic acids is 1. The van der Waals surface area contributed by atoms with Crippen LogP contribution in [0.3, 0.4) is 0 Å². The number of hydrogen-bond acceptors (Lipinski definition) is 15. The molecule has 5 heterocycles. The number of phenolic OH excluding ortho intramolecular Hbond substituents is 1. The van der Waals surface area contributed by atoms with Crippen molar-refractivity contribution in [3.63, 3.8) is 0 Å². The van der Waals surface area contributed by atoms with Crippen LogP contribution in [-0.4, -0.2) is 211 Å². The molecular weight excluding hydrogens is 1150 g/mol. The monoisotopic (exact) mass is 1240 g/mol. The van der Waals surface area contributed by atoms with Gasteiger partial charge >= 0.3 is 5.97 Å². The van der Waals surface area contributed by atoms with Crippen LogP contribution >= 0.6 is 0 Å². The molecule has 0 saturated carbocycles. The van der Waals surface area contributed by atoms with Crippen LogP contribution in [0.15, 0.2) is 46.8 Å². The Hall–Kier alpha value is -8.57. The molecule has 6 rings (SSSR count). The van der Waals surface area contributed by atoms with Crippen molar-refractivity contribution in [2.75, 3.05) is 39.3 Å². The van der Waals surface area contributed by atoms with Crippen molar-refractivity contribution in [2.45, 2.75) is 191 Å². The highest BCUT2D eigenvalue weighted by molar-refractivity contribution is 5.99. The first-order valence-corrected chi connectivity index (χ1v) is 30.9. The molecule has 9 amide bonds. The first-order valence-electron chi connectivity index (χ1n) is 30.9. The standard InChI is InChI=1S/C59H92N18O12/c1-33(2)27-42(54(85)76-25-9-15-46(76)56(87)75-24-8-14-45(75)52(83)73-43(28-34(3)4)55(86)77-26-10-16-47(77)57(88)89)72-51(82)44-13-7-23-74(44)53(84)39(12-6-22-67-59(63)64)69-49(80)40(29-35-17-19-37(78)20-18-35)71-50(81)41(30-36-31-65-32-68-36)70-48(79)38(60)11-5-21-66-58(61)62/h17-20,31-34,38-47,78H,5-16,21-30,60H2,1-4H3,(H,65,68)(H,69,80)(H,70,79)(H,71,81)(H,72,82)(H,73,83)(H,88,89)(H4,61,62,66)(H4,63,64,67)/t38-,39-,40-,41-,42-,43-,44-,45-,46-,47-/m0/s1. The zero-order chi connectivity index (χ0) is 65.1. The van der Waals surface area contributed by atoms with Crippen molar-refractivity contribution in [1.82, 2.24) is 56.2 Å². The first-order chi connectivity index (χ1) is 42.3. The number of rotatable bonds is 31. The summed E-state index contributed by atoms with van der Waals surface area (Å²) in [7, 11) is 0. The molecule has 4 fully saturated rings. The second-order valence-corrected chi connectivity index (χ2v) is 24.3. The van der Waals surface area contributed by atoms with Gasteiger partial charge < -0.3 is 90.0 Å². The smallest absolute Gasteiger partial charge is 0.326 e. The molecule has 4 aliphatic heterocycles. The van der Waals surface area contributed by atoms with E-state index in [0.717, 1.165) is 0 Å². The molecule has 490 valence electrons. The number of imidazole rings is 1. The fourth-order valence-electron chi connectivity index (χ4n) is 12.0. The van der Waals surface area contributed by atoms with Gasteiger partial charge in [-0.25, -0.2) is 9.78 Å². The molecule has 18 N–H and O–H groups in total. The Balaban J connectivity index is 1.18. The van der Waals surface area contributed by atoms with E-state index in [4.69, 9.17) is 28.7 Å². The maximum Gasteiger partial charge on any atom is 0.326 e. The van der Waals surface area contributed by atoms with Crippen LogP contribution in [0.5, 0.6) is 5.75 Å². The van der Waals surface area contributed by atoms with Crippen molar-refractivity contribution in [2.24, 2.45) is 50.5 Å². The van der Waals surface area contributed by atoms with Gasteiger partial charge in [0.25, 0.3) is 0 Å². The van der Waals surface area contributed by atoms with Gasteiger partial charge in [0.2, 0.25) is 53.2 Å². The maximum atomic E-state index is 15.0. The number of carboxylic acids is 1. The number of likely N-dealkylation sites (tertiary alicyclic amines) is 4. The summed E-state index contributed by atoms with van der Waals surface area (Å²) >= 11 is 0. The second kappa shape index (κ2) is 33.1. The molecule has 4 aliphatic rings. The number of phenols is 1. The van der Waals surface area contributed by atoms with Crippen molar-refractivity contribution in [3.05, 3.63) is 48.0 Å². The molecule has 0 radical (unpaired) electrons. The number of carboxylic acid groups (broad SMARTS) is 1. The number of nitrogens with two attached hydrogens (primary N) is 5. The lowest BCUT2D eigenvalue weighted by atomic mass is 10.0. The molecule has 10 atom stereocenters. The lowest BCUT2D eigenvalue weighted by molar-refractivity contribution is -0.150. The number of nitrogens with one attached hydrogen (secondary N) is 6. The minimum absolute atomic E-state index is 0.0352. The number of guanidine groups is 2. The van der Waals surface area contributed by atoms with Gasteiger partial charge in [-0.15, -0.1) is 0 Å². The molecule has 89 heavy (non-hydrogen) atoms. The van der Waals surface area contributed by atoms with E-state index in [9.17, 15) is 58.2 Å². The molecule has 30 nitrogen and oxygen atoms in total. The quantitative estimate of drug-likeness (QED) is 0.0218. The Labute approximate surface area is 518 Å². The van der Waals surface area contributed by atoms with Crippen LogP contribution in [0, 0.1) is 11.8 Å². The summed E-state index contributed by atoms with van der Waals surface area (Å²) in [6, 6.07) is -5.36. The largest absolute Gasteiger partial charge is 0.508 e. The molecule has 0 bridgehead atoms. The third kappa shape index (κ3) is 20.0. The highest BCUT2D eigenvalue weighted by Gasteiger charge is 2.47. The molecular formula is C59H92N18O12. The highest BCUT2D eigenvalue weighted by Crippen LogP contribution is 2.29. The summed E-state index contributed by atoms with van der Waals surface area (Å²) in [5.41, 5.74) is 29.3. The molecule has 0 spiro atoms. The van der Waals surface area contributed by atoms with E-state index in [1.807, 2.05) is 27.7 Å². The van der Waals surface area contributed by atoms with Crippen LogP contribution in [0.2, 0.25) is 0 Å². The van der Waals surface area contributed by atoms with E-state index < -0.39 is 120 Å². The van der Waals surface area contributed by atoms with Crippen LogP contribution in [0.25, 0.3) is 0 Å². The molecule has 4 saturated heterocycles. The summed E-state index contributed by atoms with van der Waals surface area (Å²) < 4.78 is 0. The fourth-order valence-corrected chi connectivity index (χ4v) is 12.0. The lowest BCUT2D eigenvalue weighted by Gasteiger charge is -2.35. The number of hydrogen-bond donors (Lipinski definition) is 13. The van der Waals surface area contributed by atoms with Crippen molar-refractivity contribution < 1.29 is 58.2 Å². The molecule has 0 unspecified atom stereocenters. The average molecular weight is 1250 g/mol. The predicted molar refractivity (Wildman–Crippen MR) is 327 cm³/mol. The summed E-state index contributed by atoms with van der Waals surface area (Å²) in [4.78, 5) is 162. The van der Waals surface area contributed by atoms with Gasteiger partial charge in [0, 0.05) is 64.0 Å². The number of aromatic hydroxyl groups is 1. The Morgan fingerprint density at radius 3 is 1.52 bits per heavy atom. The number of H-pyrrole nitrogens is 1. The van der Waals surface area contributed by atoms with Gasteiger partial charge in [-0.3, -0.25) is 53.1 Å². The van der Waals surface area contributed by atoms with Gasteiger partial charge in [0.05, 0.1) is 12.4 Å². The number of aliphatic imine (C=N–C) groups is 2. The number of carbonyl (C=O) groups is 10. The predicted octanol–water partition coefficient (Wildman–Crippen LogP) is -2.10. The number of carbonyl (C=O) groups excluding carboxylic acids is 9. The third-order valence-electron chi connectivity index (χ3n) is 16.4. The van der Waals surface area contributed by atoms with Gasteiger partial charge in [0.15, 0.2) is 11.9 Å². The Morgan fingerprint density at radius 2 is 1.01 bits per heavy atom. The topological polar surface area (TPSA) is 468 Å². The number of nitrogens with zero attached hydrogens (tertiary/aromatic N) is 7. The second-order valence-electron chi connectivity index (χ2n) is 24.3. The van der Waals surface area contributed by atoms with E-state index >= 15 is 0 Å². The minimum Gasteiger partial charge on any atom is -0.508 e. The van der Waals surface area contributed by atoms with E-state index in [1.54, 1.807) is 12.1 Å². The lowest BCUT2D eigenvalue weighted by Crippen LogP contribution is -2.60. The van der Waals surface area contributed by atoms with Crippen LogP contribution in [-0.2, 0) is 60.8 Å². The SMILES string of the molecule is CC(C)C[C@H](NC(=O)[C@@H]1CCCN1C(=O)[C@@H]1CCCN1C(=O)[C@H](CC(C)C)NC(=O)[C@@H]1CCCN1C(=O)[C@H](CCCN=C(N)N)NC(=O)[C@H](Cc1ccc(O)cc1)NC(=O)[C@H](Cc1cnc[nH]1)NC(=O)[C@@H](N)CCCN=C(N)N)C(=O)N1CCC[C@H]1C(=O)O. The molecule has 0 aliphatic carbocycles. The highest BCUT2D eigenvalue weighted by atomic mass is 16.4. The Bertz CT molecular complexity index is 2840. The van der Waals surface area contributed by atoms with Gasteiger partial charge in [-0.1, -0.05) is 39.8 Å². The van der Waals surface area contributed by atoms with E-state index in [-0.39, 0.29) is 120 Å².